The van der Waals surface area contributed by atoms with Gasteiger partial charge in [0.15, 0.2) is 5.78 Å². The Bertz CT molecular complexity index is 503. The second-order valence-corrected chi connectivity index (χ2v) is 6.32. The minimum atomic E-state index is 0.233. The van der Waals surface area contributed by atoms with E-state index >= 15 is 0 Å². The monoisotopic (exact) mass is 260 g/mol. The molecule has 0 unspecified atom stereocenters. The molecule has 1 aliphatic carbocycles. The summed E-state index contributed by atoms with van der Waals surface area (Å²) in [4.78, 5) is 18.7. The van der Waals surface area contributed by atoms with Gasteiger partial charge in [0, 0.05) is 29.4 Å². The average Bonchev–Trinajstić information content (AvgIpc) is 2.68. The molecule has 1 aliphatic heterocycles. The maximum absolute atomic E-state index is 12.9. The Labute approximate surface area is 115 Å². The van der Waals surface area contributed by atoms with Crippen molar-refractivity contribution in [1.29, 1.82) is 0 Å². The van der Waals surface area contributed by atoms with E-state index in [0.717, 1.165) is 44.3 Å². The number of piperidine rings is 1. The zero-order chi connectivity index (χ0) is 13.6. The number of hydrogen-bond acceptors (Lipinski definition) is 2. The van der Waals surface area contributed by atoms with Crippen molar-refractivity contribution in [2.75, 3.05) is 20.1 Å². The number of carbonyl (C=O) groups is 1. The second-order valence-electron chi connectivity index (χ2n) is 6.32. The van der Waals surface area contributed by atoms with Crippen LogP contribution in [0.1, 0.15) is 47.1 Å². The van der Waals surface area contributed by atoms with Crippen LogP contribution in [-0.2, 0) is 12.8 Å². The molecule has 1 fully saturated rings. The van der Waals surface area contributed by atoms with Crippen LogP contribution in [0.4, 0.5) is 0 Å². The molecular weight excluding hydrogens is 236 g/mol. The standard InChI is InChI=1S/C16H24N2O/c1-4-5-12-10(2)17-14-8-11-6-7-18(3)9-13(11)16(19)15(12)14/h11,13,17H,4-9H2,1-3H3/t11-,13+/m1/s1. The fraction of sp³-hybridized carbons (Fsp3) is 0.688. The molecule has 1 aromatic heterocycles. The number of aryl methyl sites for hydroxylation is 1. The van der Waals surface area contributed by atoms with Crippen LogP contribution in [0.3, 0.4) is 0 Å². The first kappa shape index (κ1) is 12.9. The Morgan fingerprint density at radius 2 is 2.21 bits per heavy atom. The van der Waals surface area contributed by atoms with Crippen LogP contribution >= 0.6 is 0 Å². The maximum Gasteiger partial charge on any atom is 0.169 e. The van der Waals surface area contributed by atoms with Crippen molar-refractivity contribution in [2.24, 2.45) is 11.8 Å². The summed E-state index contributed by atoms with van der Waals surface area (Å²) in [6.07, 6.45) is 4.36. The van der Waals surface area contributed by atoms with Gasteiger partial charge in [-0.05, 0) is 51.3 Å². The van der Waals surface area contributed by atoms with E-state index in [-0.39, 0.29) is 5.92 Å². The molecule has 2 heterocycles. The number of likely N-dealkylation sites (tertiary alicyclic amines) is 1. The summed E-state index contributed by atoms with van der Waals surface area (Å²) in [6.45, 7) is 6.37. The van der Waals surface area contributed by atoms with E-state index in [2.05, 4.69) is 30.8 Å². The number of hydrogen-bond donors (Lipinski definition) is 1. The van der Waals surface area contributed by atoms with E-state index in [4.69, 9.17) is 0 Å². The van der Waals surface area contributed by atoms with E-state index < -0.39 is 0 Å². The summed E-state index contributed by atoms with van der Waals surface area (Å²) < 4.78 is 0. The number of aromatic nitrogens is 1. The molecule has 0 spiro atoms. The van der Waals surface area contributed by atoms with E-state index in [9.17, 15) is 4.79 Å². The van der Waals surface area contributed by atoms with Crippen molar-refractivity contribution in [3.8, 4) is 0 Å². The molecule has 3 nitrogen and oxygen atoms in total. The summed E-state index contributed by atoms with van der Waals surface area (Å²) in [5, 5.41) is 0. The summed E-state index contributed by atoms with van der Waals surface area (Å²) in [7, 11) is 2.13. The van der Waals surface area contributed by atoms with E-state index in [1.807, 2.05) is 0 Å². The van der Waals surface area contributed by atoms with Crippen molar-refractivity contribution in [2.45, 2.75) is 39.5 Å². The number of carbonyl (C=O) groups excluding carboxylic acids is 1. The number of nitrogens with zero attached hydrogens (tertiary/aromatic N) is 1. The lowest BCUT2D eigenvalue weighted by Crippen LogP contribution is -2.45. The van der Waals surface area contributed by atoms with Crippen LogP contribution in [0, 0.1) is 18.8 Å². The van der Waals surface area contributed by atoms with Crippen LogP contribution in [0.2, 0.25) is 0 Å². The van der Waals surface area contributed by atoms with Gasteiger partial charge in [-0.1, -0.05) is 13.3 Å². The third-order valence-corrected chi connectivity index (χ3v) is 4.90. The van der Waals surface area contributed by atoms with Gasteiger partial charge in [-0.3, -0.25) is 4.79 Å². The first-order valence-corrected chi connectivity index (χ1v) is 7.54. The first-order chi connectivity index (χ1) is 9.11. The Morgan fingerprint density at radius 3 is 2.95 bits per heavy atom. The highest BCUT2D eigenvalue weighted by atomic mass is 16.1. The van der Waals surface area contributed by atoms with Gasteiger partial charge in [-0.2, -0.15) is 0 Å². The third-order valence-electron chi connectivity index (χ3n) is 4.90. The topological polar surface area (TPSA) is 36.1 Å². The SMILES string of the molecule is CCCc1c(C)[nH]c2c1C(=O)[C@H]1CN(C)CC[C@@H]1C2. The van der Waals surface area contributed by atoms with Gasteiger partial charge in [0.25, 0.3) is 0 Å². The highest BCUT2D eigenvalue weighted by Crippen LogP contribution is 2.37. The minimum absolute atomic E-state index is 0.233. The molecule has 2 atom stereocenters. The van der Waals surface area contributed by atoms with Crippen LogP contribution in [-0.4, -0.2) is 35.8 Å². The second kappa shape index (κ2) is 4.78. The number of fused-ring (bicyclic) bond motifs is 2. The first-order valence-electron chi connectivity index (χ1n) is 7.54. The van der Waals surface area contributed by atoms with Gasteiger partial charge < -0.3 is 9.88 Å². The summed E-state index contributed by atoms with van der Waals surface area (Å²) in [5.74, 6) is 1.20. The molecule has 3 rings (SSSR count). The molecule has 1 N–H and O–H groups in total. The molecule has 1 aromatic rings. The Hall–Kier alpha value is -1.09. The van der Waals surface area contributed by atoms with Gasteiger partial charge in [0.05, 0.1) is 0 Å². The molecule has 19 heavy (non-hydrogen) atoms. The smallest absolute Gasteiger partial charge is 0.169 e. The highest BCUT2D eigenvalue weighted by Gasteiger charge is 2.40. The van der Waals surface area contributed by atoms with Crippen molar-refractivity contribution in [3.05, 3.63) is 22.5 Å². The molecule has 1 saturated heterocycles. The summed E-state index contributed by atoms with van der Waals surface area (Å²) in [5.41, 5.74) is 4.77. The predicted molar refractivity (Wildman–Crippen MR) is 76.7 cm³/mol. The van der Waals surface area contributed by atoms with Crippen LogP contribution in [0.5, 0.6) is 0 Å². The highest BCUT2D eigenvalue weighted by molar-refractivity contribution is 6.02. The Morgan fingerprint density at radius 1 is 1.42 bits per heavy atom. The lowest BCUT2D eigenvalue weighted by Gasteiger charge is -2.38. The lowest BCUT2D eigenvalue weighted by atomic mass is 9.72. The Kier molecular flexibility index (Phi) is 3.25. The molecule has 0 amide bonds. The average molecular weight is 260 g/mol. The van der Waals surface area contributed by atoms with Gasteiger partial charge in [-0.25, -0.2) is 0 Å². The minimum Gasteiger partial charge on any atom is -0.362 e. The normalized spacial score (nSPS) is 27.2. The van der Waals surface area contributed by atoms with Gasteiger partial charge in [-0.15, -0.1) is 0 Å². The number of nitrogens with one attached hydrogen (secondary N) is 1. The molecule has 0 saturated carbocycles. The molecule has 0 radical (unpaired) electrons. The maximum atomic E-state index is 12.9. The number of rotatable bonds is 2. The predicted octanol–water partition coefficient (Wildman–Crippen LogP) is 2.58. The summed E-state index contributed by atoms with van der Waals surface area (Å²) >= 11 is 0. The van der Waals surface area contributed by atoms with Gasteiger partial charge >= 0.3 is 0 Å². The Balaban J connectivity index is 2.00. The van der Waals surface area contributed by atoms with Crippen molar-refractivity contribution in [3.63, 3.8) is 0 Å². The van der Waals surface area contributed by atoms with Gasteiger partial charge in [0.2, 0.25) is 0 Å². The largest absolute Gasteiger partial charge is 0.362 e. The van der Waals surface area contributed by atoms with Crippen LogP contribution in [0.15, 0.2) is 0 Å². The van der Waals surface area contributed by atoms with E-state index in [1.54, 1.807) is 0 Å². The molecule has 2 aliphatic rings. The summed E-state index contributed by atoms with van der Waals surface area (Å²) in [6, 6.07) is 0. The van der Waals surface area contributed by atoms with Crippen molar-refractivity contribution >= 4 is 5.78 Å². The van der Waals surface area contributed by atoms with Crippen molar-refractivity contribution in [1.82, 2.24) is 9.88 Å². The van der Waals surface area contributed by atoms with E-state index in [0.29, 0.717) is 11.7 Å². The third kappa shape index (κ3) is 2.04. The van der Waals surface area contributed by atoms with Gasteiger partial charge in [0.1, 0.15) is 0 Å². The zero-order valence-corrected chi connectivity index (χ0v) is 12.3. The van der Waals surface area contributed by atoms with Crippen LogP contribution < -0.4 is 0 Å². The number of Topliss-reactive ketones (excluding diaryl/α,β-unsaturated/α-hetero) is 1. The molecule has 104 valence electrons. The number of aromatic amines is 1. The van der Waals surface area contributed by atoms with Crippen molar-refractivity contribution < 1.29 is 4.79 Å². The molecule has 0 bridgehead atoms. The fourth-order valence-corrected chi connectivity index (χ4v) is 3.90. The fourth-order valence-electron chi connectivity index (χ4n) is 3.90. The lowest BCUT2D eigenvalue weighted by molar-refractivity contribution is 0.0705. The quantitative estimate of drug-likeness (QED) is 0.887. The molecule has 3 heteroatoms. The van der Waals surface area contributed by atoms with E-state index in [1.165, 1.54) is 17.0 Å². The zero-order valence-electron chi connectivity index (χ0n) is 12.3. The number of H-pyrrole nitrogens is 1. The van der Waals surface area contributed by atoms with Crippen LogP contribution in [0.25, 0.3) is 0 Å². The molecular formula is C16H24N2O. The number of ketones is 1. The molecule has 0 aromatic carbocycles.